The normalized spacial score (nSPS) is 16.1. The topological polar surface area (TPSA) is 32.3 Å². The zero-order chi connectivity index (χ0) is 16.1. The highest BCUT2D eigenvalue weighted by atomic mass is 19.1. The molecule has 1 aromatic carbocycles. The van der Waals surface area contributed by atoms with E-state index in [4.69, 9.17) is 0 Å². The van der Waals surface area contributed by atoms with Crippen LogP contribution in [0.5, 0.6) is 0 Å². The third kappa shape index (κ3) is 5.09. The van der Waals surface area contributed by atoms with E-state index < -0.39 is 0 Å². The van der Waals surface area contributed by atoms with Crippen molar-refractivity contribution < 1.29 is 9.18 Å². The number of nitrogens with zero attached hydrogens (tertiary/aromatic N) is 1. The second-order valence-electron chi connectivity index (χ2n) is 6.61. The summed E-state index contributed by atoms with van der Waals surface area (Å²) < 4.78 is 13.1. The van der Waals surface area contributed by atoms with E-state index in [1.807, 2.05) is 0 Å². The van der Waals surface area contributed by atoms with E-state index in [0.29, 0.717) is 6.54 Å². The molecule has 1 saturated carbocycles. The Hall–Kier alpha value is -1.42. The quantitative estimate of drug-likeness (QED) is 0.798. The van der Waals surface area contributed by atoms with Gasteiger partial charge in [0, 0.05) is 6.54 Å². The van der Waals surface area contributed by atoms with Gasteiger partial charge in [0.15, 0.2) is 0 Å². The average Bonchev–Trinajstić information content (AvgIpc) is 3.29. The summed E-state index contributed by atoms with van der Waals surface area (Å²) in [5, 5.41) is 3.11. The van der Waals surface area contributed by atoms with Crippen LogP contribution in [0, 0.1) is 17.7 Å². The molecule has 0 aromatic heterocycles. The van der Waals surface area contributed by atoms with Gasteiger partial charge in [-0.2, -0.15) is 0 Å². The van der Waals surface area contributed by atoms with Crippen molar-refractivity contribution in [3.8, 4) is 0 Å². The number of nitrogens with one attached hydrogen (secondary N) is 1. The van der Waals surface area contributed by atoms with Crippen LogP contribution < -0.4 is 5.32 Å². The molecule has 1 amide bonds. The van der Waals surface area contributed by atoms with Crippen molar-refractivity contribution in [3.63, 3.8) is 0 Å². The Balaban J connectivity index is 1.94. The third-order valence-corrected chi connectivity index (χ3v) is 4.24. The standard InChI is InChI=1S/C18H27FN2O/c1-4-21(11-14-5-6-14)12-17(22)20-18(13(2)3)15-7-9-16(19)10-8-15/h7-10,13-14,18H,4-6,11-12H2,1-3H3,(H,20,22). The molecule has 1 aromatic rings. The van der Waals surface area contributed by atoms with Crippen LogP contribution in [-0.2, 0) is 4.79 Å². The SMILES string of the molecule is CCN(CC(=O)NC(c1ccc(F)cc1)C(C)C)CC1CC1. The van der Waals surface area contributed by atoms with Crippen LogP contribution in [-0.4, -0.2) is 30.4 Å². The Labute approximate surface area is 132 Å². The Morgan fingerprint density at radius 2 is 1.95 bits per heavy atom. The zero-order valence-electron chi connectivity index (χ0n) is 13.8. The van der Waals surface area contributed by atoms with Gasteiger partial charge in [-0.3, -0.25) is 9.69 Å². The van der Waals surface area contributed by atoms with E-state index in [1.165, 1.54) is 25.0 Å². The van der Waals surface area contributed by atoms with Crippen molar-refractivity contribution >= 4 is 5.91 Å². The van der Waals surface area contributed by atoms with Crippen LogP contribution in [0.15, 0.2) is 24.3 Å². The lowest BCUT2D eigenvalue weighted by Gasteiger charge is -2.25. The molecule has 0 aliphatic heterocycles. The number of rotatable bonds is 8. The monoisotopic (exact) mass is 306 g/mol. The van der Waals surface area contributed by atoms with Crippen molar-refractivity contribution in [2.75, 3.05) is 19.6 Å². The Kier molecular flexibility index (Phi) is 5.95. The largest absolute Gasteiger partial charge is 0.348 e. The predicted molar refractivity (Wildman–Crippen MR) is 87.0 cm³/mol. The van der Waals surface area contributed by atoms with Gasteiger partial charge in [0.25, 0.3) is 0 Å². The van der Waals surface area contributed by atoms with E-state index in [1.54, 1.807) is 12.1 Å². The molecule has 1 unspecified atom stereocenters. The van der Waals surface area contributed by atoms with Crippen molar-refractivity contribution in [1.82, 2.24) is 10.2 Å². The molecule has 0 spiro atoms. The van der Waals surface area contributed by atoms with Gasteiger partial charge < -0.3 is 5.32 Å². The molecule has 0 radical (unpaired) electrons. The summed E-state index contributed by atoms with van der Waals surface area (Å²) in [4.78, 5) is 14.5. The minimum Gasteiger partial charge on any atom is -0.348 e. The smallest absolute Gasteiger partial charge is 0.234 e. The second kappa shape index (κ2) is 7.73. The first-order valence-electron chi connectivity index (χ1n) is 8.26. The summed E-state index contributed by atoms with van der Waals surface area (Å²) in [5.74, 6) is 0.836. The summed E-state index contributed by atoms with van der Waals surface area (Å²) in [6.45, 7) is 8.58. The van der Waals surface area contributed by atoms with E-state index >= 15 is 0 Å². The van der Waals surface area contributed by atoms with Crippen molar-refractivity contribution in [2.45, 2.75) is 39.7 Å². The van der Waals surface area contributed by atoms with Gasteiger partial charge in [-0.15, -0.1) is 0 Å². The van der Waals surface area contributed by atoms with Gasteiger partial charge in [0.2, 0.25) is 5.91 Å². The first-order valence-corrected chi connectivity index (χ1v) is 8.26. The van der Waals surface area contributed by atoms with Gasteiger partial charge in [0.1, 0.15) is 5.82 Å². The number of carbonyl (C=O) groups is 1. The minimum absolute atomic E-state index is 0.0468. The fourth-order valence-electron chi connectivity index (χ4n) is 2.70. The molecule has 1 fully saturated rings. The first-order chi connectivity index (χ1) is 10.5. The molecule has 1 atom stereocenters. The van der Waals surface area contributed by atoms with Crippen LogP contribution in [0.25, 0.3) is 0 Å². The number of hydrogen-bond acceptors (Lipinski definition) is 2. The highest BCUT2D eigenvalue weighted by Gasteiger charge is 2.25. The number of carbonyl (C=O) groups excluding carboxylic acids is 1. The maximum absolute atomic E-state index is 13.1. The van der Waals surface area contributed by atoms with E-state index in [9.17, 15) is 9.18 Å². The van der Waals surface area contributed by atoms with Crippen LogP contribution in [0.2, 0.25) is 0 Å². The molecule has 0 saturated heterocycles. The van der Waals surface area contributed by atoms with Crippen LogP contribution in [0.1, 0.15) is 45.2 Å². The van der Waals surface area contributed by atoms with Crippen molar-refractivity contribution in [3.05, 3.63) is 35.6 Å². The lowest BCUT2D eigenvalue weighted by molar-refractivity contribution is -0.123. The molecule has 1 aliphatic carbocycles. The lowest BCUT2D eigenvalue weighted by atomic mass is 9.96. The van der Waals surface area contributed by atoms with Crippen molar-refractivity contribution in [1.29, 1.82) is 0 Å². The van der Waals surface area contributed by atoms with Gasteiger partial charge in [-0.25, -0.2) is 4.39 Å². The highest BCUT2D eigenvalue weighted by Crippen LogP contribution is 2.29. The van der Waals surface area contributed by atoms with Gasteiger partial charge in [0.05, 0.1) is 12.6 Å². The zero-order valence-corrected chi connectivity index (χ0v) is 13.8. The molecule has 0 bridgehead atoms. The summed E-state index contributed by atoms with van der Waals surface area (Å²) in [7, 11) is 0. The molecule has 122 valence electrons. The van der Waals surface area contributed by atoms with E-state index in [0.717, 1.165) is 24.6 Å². The van der Waals surface area contributed by atoms with Gasteiger partial charge in [-0.05, 0) is 48.9 Å². The molecular formula is C18H27FN2O. The molecule has 22 heavy (non-hydrogen) atoms. The maximum atomic E-state index is 13.1. The Bertz CT molecular complexity index is 482. The van der Waals surface area contributed by atoms with Crippen LogP contribution in [0.4, 0.5) is 4.39 Å². The summed E-state index contributed by atoms with van der Waals surface area (Å²) in [6.07, 6.45) is 2.59. The number of halogens is 1. The predicted octanol–water partition coefficient (Wildman–Crippen LogP) is 3.37. The lowest BCUT2D eigenvalue weighted by Crippen LogP contribution is -2.40. The number of likely N-dealkylation sites (N-methyl/N-ethyl adjacent to an activating group) is 1. The Morgan fingerprint density at radius 1 is 1.32 bits per heavy atom. The van der Waals surface area contributed by atoms with Crippen LogP contribution in [0.3, 0.4) is 0 Å². The van der Waals surface area contributed by atoms with Gasteiger partial charge >= 0.3 is 0 Å². The number of benzene rings is 1. The second-order valence-corrected chi connectivity index (χ2v) is 6.61. The third-order valence-electron chi connectivity index (χ3n) is 4.24. The molecule has 4 heteroatoms. The average molecular weight is 306 g/mol. The molecule has 0 heterocycles. The molecule has 2 rings (SSSR count). The van der Waals surface area contributed by atoms with E-state index in [-0.39, 0.29) is 23.7 Å². The van der Waals surface area contributed by atoms with Gasteiger partial charge in [-0.1, -0.05) is 32.9 Å². The highest BCUT2D eigenvalue weighted by molar-refractivity contribution is 5.78. The summed E-state index contributed by atoms with van der Waals surface area (Å²) >= 11 is 0. The van der Waals surface area contributed by atoms with Crippen LogP contribution >= 0.6 is 0 Å². The summed E-state index contributed by atoms with van der Waals surface area (Å²) in [6, 6.07) is 6.32. The first kappa shape index (κ1) is 16.9. The fourth-order valence-corrected chi connectivity index (χ4v) is 2.70. The van der Waals surface area contributed by atoms with E-state index in [2.05, 4.69) is 31.0 Å². The summed E-state index contributed by atoms with van der Waals surface area (Å²) in [5.41, 5.74) is 0.954. The molecule has 3 nitrogen and oxygen atoms in total. The molecule has 1 N–H and O–H groups in total. The molecule has 1 aliphatic rings. The Morgan fingerprint density at radius 3 is 2.45 bits per heavy atom. The minimum atomic E-state index is -0.251. The maximum Gasteiger partial charge on any atom is 0.234 e. The number of amides is 1. The molecular weight excluding hydrogens is 279 g/mol. The number of hydrogen-bond donors (Lipinski definition) is 1. The van der Waals surface area contributed by atoms with Crippen molar-refractivity contribution in [2.24, 2.45) is 11.8 Å². The fraction of sp³-hybridized carbons (Fsp3) is 0.611.